The third kappa shape index (κ3) is 6.49. The van der Waals surface area contributed by atoms with Gasteiger partial charge in [-0.1, -0.05) is 23.7 Å². The molecule has 0 aliphatic carbocycles. The van der Waals surface area contributed by atoms with E-state index in [2.05, 4.69) is 10.3 Å². The number of guanidine groups is 1. The summed E-state index contributed by atoms with van der Waals surface area (Å²) >= 11 is 5.89. The van der Waals surface area contributed by atoms with Gasteiger partial charge >= 0.3 is 0 Å². The molecule has 0 saturated carbocycles. The molecule has 1 saturated heterocycles. The Hall–Kier alpha value is -1.80. The number of hydrogen-bond donors (Lipinski definition) is 1. The van der Waals surface area contributed by atoms with Gasteiger partial charge in [0.25, 0.3) is 0 Å². The van der Waals surface area contributed by atoms with Gasteiger partial charge in [0.05, 0.1) is 18.8 Å². The summed E-state index contributed by atoms with van der Waals surface area (Å²) in [5.74, 6) is 0.586. The summed E-state index contributed by atoms with van der Waals surface area (Å²) in [5, 5.41) is 3.80. The van der Waals surface area contributed by atoms with E-state index in [1.807, 2.05) is 36.1 Å². The molecule has 0 atom stereocenters. The smallest absolute Gasteiger partial charge is 0.242 e. The molecule has 0 aromatic heterocycles. The number of rotatable bonds is 6. The van der Waals surface area contributed by atoms with Crippen LogP contribution in [0.3, 0.4) is 0 Å². The second kappa shape index (κ2) is 9.23. The van der Waals surface area contributed by atoms with Crippen molar-refractivity contribution in [1.82, 2.24) is 15.1 Å². The van der Waals surface area contributed by atoms with Crippen molar-refractivity contribution in [2.45, 2.75) is 13.5 Å². The largest absolute Gasteiger partial charge is 0.357 e. The Morgan fingerprint density at radius 2 is 1.96 bits per heavy atom. The summed E-state index contributed by atoms with van der Waals surface area (Å²) in [6.07, 6.45) is 1.19. The lowest BCUT2D eigenvalue weighted by molar-refractivity contribution is -0.135. The molecule has 1 heterocycles. The predicted molar refractivity (Wildman–Crippen MR) is 104 cm³/mol. The molecule has 1 aromatic carbocycles. The number of aliphatic imine (C=N–C) groups is 1. The van der Waals surface area contributed by atoms with Gasteiger partial charge in [-0.15, -0.1) is 0 Å². The van der Waals surface area contributed by atoms with E-state index >= 15 is 0 Å². The molecule has 26 heavy (non-hydrogen) atoms. The van der Waals surface area contributed by atoms with Gasteiger partial charge in [0.2, 0.25) is 5.91 Å². The number of nitrogens with one attached hydrogen (secondary N) is 1. The molecule has 144 valence electrons. The first-order valence-corrected chi connectivity index (χ1v) is 11.0. The number of halogens is 1. The Kier molecular flexibility index (Phi) is 7.28. The maximum Gasteiger partial charge on any atom is 0.242 e. The van der Waals surface area contributed by atoms with E-state index in [9.17, 15) is 13.2 Å². The summed E-state index contributed by atoms with van der Waals surface area (Å²) < 4.78 is 22.5. The van der Waals surface area contributed by atoms with Gasteiger partial charge in [-0.25, -0.2) is 8.42 Å². The third-order valence-electron chi connectivity index (χ3n) is 3.96. The van der Waals surface area contributed by atoms with Gasteiger partial charge in [0.15, 0.2) is 5.96 Å². The van der Waals surface area contributed by atoms with Crippen LogP contribution in [0.1, 0.15) is 12.5 Å². The Morgan fingerprint density at radius 3 is 2.54 bits per heavy atom. The highest BCUT2D eigenvalue weighted by Crippen LogP contribution is 2.13. The second-order valence-electron chi connectivity index (χ2n) is 6.23. The summed E-state index contributed by atoms with van der Waals surface area (Å²) in [5.41, 5.74) is 1.03. The molecular weight excluding hydrogens is 376 g/mol. The quantitative estimate of drug-likeness (QED) is 0.569. The zero-order valence-electron chi connectivity index (χ0n) is 15.1. The fraction of sp³-hybridized carbons (Fsp3) is 0.529. The minimum Gasteiger partial charge on any atom is -0.357 e. The number of carbonyl (C=O) groups is 1. The van der Waals surface area contributed by atoms with Gasteiger partial charge in [0, 0.05) is 37.5 Å². The van der Waals surface area contributed by atoms with Crippen molar-refractivity contribution >= 4 is 33.3 Å². The zero-order valence-corrected chi connectivity index (χ0v) is 16.7. The van der Waals surface area contributed by atoms with Gasteiger partial charge in [-0.3, -0.25) is 9.79 Å². The zero-order chi connectivity index (χ0) is 19.2. The first-order valence-electron chi connectivity index (χ1n) is 8.51. The minimum atomic E-state index is -3.06. The van der Waals surface area contributed by atoms with Crippen LogP contribution in [0, 0.1) is 0 Å². The third-order valence-corrected chi connectivity index (χ3v) is 5.14. The second-order valence-corrected chi connectivity index (χ2v) is 8.93. The first-order chi connectivity index (χ1) is 12.3. The van der Waals surface area contributed by atoms with E-state index in [4.69, 9.17) is 11.6 Å². The Morgan fingerprint density at radius 1 is 1.27 bits per heavy atom. The highest BCUT2D eigenvalue weighted by atomic mass is 35.5. The number of hydrogen-bond acceptors (Lipinski definition) is 4. The van der Waals surface area contributed by atoms with Crippen LogP contribution in [-0.4, -0.2) is 74.8 Å². The maximum absolute atomic E-state index is 12.5. The summed E-state index contributed by atoms with van der Waals surface area (Å²) in [6.45, 7) is 4.76. The molecule has 1 aliphatic heterocycles. The van der Waals surface area contributed by atoms with Crippen LogP contribution in [-0.2, 0) is 21.2 Å². The standard InChI is InChI=1S/C17H25ClN4O3S/c1-3-19-17(20-8-11-26(2,24)25)22-10-9-21(16(23)13-22)12-14-4-6-15(18)7-5-14/h4-7H,3,8-13H2,1-2H3,(H,19,20). The van der Waals surface area contributed by atoms with Crippen LogP contribution in [0.4, 0.5) is 0 Å². The molecule has 1 aliphatic rings. The van der Waals surface area contributed by atoms with Crippen molar-refractivity contribution in [3.8, 4) is 0 Å². The van der Waals surface area contributed by atoms with E-state index in [-0.39, 0.29) is 24.7 Å². The van der Waals surface area contributed by atoms with Gasteiger partial charge in [-0.05, 0) is 24.6 Å². The number of carbonyl (C=O) groups excluding carboxylic acids is 1. The first kappa shape index (κ1) is 20.5. The number of benzene rings is 1. The van der Waals surface area contributed by atoms with E-state index in [1.54, 1.807) is 4.90 Å². The van der Waals surface area contributed by atoms with E-state index in [1.165, 1.54) is 6.26 Å². The molecule has 1 amide bonds. The van der Waals surface area contributed by atoms with Crippen molar-refractivity contribution in [1.29, 1.82) is 0 Å². The summed E-state index contributed by atoms with van der Waals surface area (Å²) in [6, 6.07) is 7.46. The fourth-order valence-electron chi connectivity index (χ4n) is 2.61. The van der Waals surface area contributed by atoms with Crippen LogP contribution < -0.4 is 5.32 Å². The molecule has 1 fully saturated rings. The van der Waals surface area contributed by atoms with Crippen LogP contribution in [0.2, 0.25) is 5.02 Å². The number of nitrogens with zero attached hydrogens (tertiary/aromatic N) is 3. The molecule has 0 radical (unpaired) electrons. The predicted octanol–water partition coefficient (Wildman–Crippen LogP) is 0.994. The van der Waals surface area contributed by atoms with E-state index < -0.39 is 9.84 Å². The van der Waals surface area contributed by atoms with Crippen molar-refractivity contribution in [2.24, 2.45) is 4.99 Å². The van der Waals surface area contributed by atoms with Crippen molar-refractivity contribution in [2.75, 3.05) is 44.7 Å². The molecular formula is C17H25ClN4O3S. The van der Waals surface area contributed by atoms with Gasteiger partial charge in [-0.2, -0.15) is 0 Å². The normalized spacial score (nSPS) is 16.1. The van der Waals surface area contributed by atoms with E-state index in [0.29, 0.717) is 37.2 Å². The van der Waals surface area contributed by atoms with Gasteiger partial charge < -0.3 is 15.1 Å². The monoisotopic (exact) mass is 400 g/mol. The Balaban J connectivity index is 1.96. The maximum atomic E-state index is 12.5. The Bertz CT molecular complexity index is 750. The van der Waals surface area contributed by atoms with Crippen LogP contribution in [0.5, 0.6) is 0 Å². The molecule has 1 aromatic rings. The average molecular weight is 401 g/mol. The molecule has 9 heteroatoms. The average Bonchev–Trinajstić information content (AvgIpc) is 2.57. The molecule has 2 rings (SSSR count). The molecule has 0 bridgehead atoms. The minimum absolute atomic E-state index is 0.00757. The van der Waals surface area contributed by atoms with Crippen LogP contribution in [0.25, 0.3) is 0 Å². The number of piperazine rings is 1. The van der Waals surface area contributed by atoms with Crippen LogP contribution >= 0.6 is 11.6 Å². The van der Waals surface area contributed by atoms with Gasteiger partial charge in [0.1, 0.15) is 9.84 Å². The summed E-state index contributed by atoms with van der Waals surface area (Å²) in [7, 11) is -3.06. The molecule has 1 N–H and O–H groups in total. The Labute approximate surface area is 159 Å². The van der Waals surface area contributed by atoms with Crippen molar-refractivity contribution < 1.29 is 13.2 Å². The number of sulfone groups is 1. The van der Waals surface area contributed by atoms with Crippen molar-refractivity contribution in [3.05, 3.63) is 34.9 Å². The lowest BCUT2D eigenvalue weighted by atomic mass is 10.2. The summed E-state index contributed by atoms with van der Waals surface area (Å²) in [4.78, 5) is 20.5. The number of amides is 1. The fourth-order valence-corrected chi connectivity index (χ4v) is 3.16. The lowest BCUT2D eigenvalue weighted by Crippen LogP contribution is -2.55. The molecule has 7 nitrogen and oxygen atoms in total. The van der Waals surface area contributed by atoms with Crippen molar-refractivity contribution in [3.63, 3.8) is 0 Å². The highest BCUT2D eigenvalue weighted by molar-refractivity contribution is 7.90. The van der Waals surface area contributed by atoms with E-state index in [0.717, 1.165) is 5.56 Å². The highest BCUT2D eigenvalue weighted by Gasteiger charge is 2.26. The SMILES string of the molecule is CCNC(=NCCS(C)(=O)=O)N1CCN(Cc2ccc(Cl)cc2)C(=O)C1. The van der Waals surface area contributed by atoms with Crippen LogP contribution in [0.15, 0.2) is 29.3 Å². The molecule has 0 spiro atoms. The lowest BCUT2D eigenvalue weighted by Gasteiger charge is -2.36. The topological polar surface area (TPSA) is 82.1 Å². The molecule has 0 unspecified atom stereocenters.